The van der Waals surface area contributed by atoms with Crippen LogP contribution in [0.1, 0.15) is 22.4 Å². The number of hydrogen-bond acceptors (Lipinski definition) is 3. The number of halogens is 1. The Hall–Kier alpha value is -2.45. The van der Waals surface area contributed by atoms with Gasteiger partial charge in [-0.25, -0.2) is 0 Å². The molecule has 0 aliphatic rings. The van der Waals surface area contributed by atoms with E-state index in [0.29, 0.717) is 19.8 Å². The summed E-state index contributed by atoms with van der Waals surface area (Å²) in [6, 6.07) is 24.6. The smallest absolute Gasteiger partial charge is 0.191 e. The summed E-state index contributed by atoms with van der Waals surface area (Å²) in [7, 11) is 1.78. The van der Waals surface area contributed by atoms with Crippen LogP contribution in [0.3, 0.4) is 0 Å². The highest BCUT2D eigenvalue weighted by Crippen LogP contribution is 2.09. The van der Waals surface area contributed by atoms with Crippen LogP contribution in [0.25, 0.3) is 0 Å². The van der Waals surface area contributed by atoms with E-state index in [1.54, 1.807) is 7.05 Å². The van der Waals surface area contributed by atoms with E-state index in [-0.39, 0.29) is 24.0 Å². The molecule has 0 unspecified atom stereocenters. The van der Waals surface area contributed by atoms with Crippen LogP contribution in [0.15, 0.2) is 84.0 Å². The standard InChI is InChI=1S/C24H28N4O.HI/c1-25-24(27-15-13-23-12-5-6-14-26-23)28-17-21-10-7-11-22(16-21)19-29-18-20-8-3-2-4-9-20;/h2-12,14,16H,13,15,17-19H2,1H3,(H2,25,27,28);1H. The molecule has 3 aromatic rings. The van der Waals surface area contributed by atoms with Crippen molar-refractivity contribution in [2.45, 2.75) is 26.2 Å². The van der Waals surface area contributed by atoms with Gasteiger partial charge in [0.1, 0.15) is 0 Å². The summed E-state index contributed by atoms with van der Waals surface area (Å²) in [5.74, 6) is 0.784. The van der Waals surface area contributed by atoms with Crippen LogP contribution in [-0.2, 0) is 30.9 Å². The summed E-state index contributed by atoms with van der Waals surface area (Å²) in [6.07, 6.45) is 2.68. The van der Waals surface area contributed by atoms with Crippen molar-refractivity contribution in [1.82, 2.24) is 15.6 Å². The second-order valence-corrected chi connectivity index (χ2v) is 6.72. The first kappa shape index (κ1) is 23.8. The molecule has 2 aromatic carbocycles. The third kappa shape index (κ3) is 8.51. The van der Waals surface area contributed by atoms with E-state index in [2.05, 4.69) is 57.0 Å². The Morgan fingerprint density at radius 2 is 1.60 bits per heavy atom. The maximum Gasteiger partial charge on any atom is 0.191 e. The molecule has 0 aliphatic heterocycles. The van der Waals surface area contributed by atoms with Gasteiger partial charge >= 0.3 is 0 Å². The fraction of sp³-hybridized carbons (Fsp3) is 0.250. The van der Waals surface area contributed by atoms with Gasteiger partial charge < -0.3 is 15.4 Å². The lowest BCUT2D eigenvalue weighted by Gasteiger charge is -2.12. The maximum absolute atomic E-state index is 5.84. The van der Waals surface area contributed by atoms with Crippen LogP contribution < -0.4 is 10.6 Å². The molecule has 1 aromatic heterocycles. The van der Waals surface area contributed by atoms with E-state index < -0.39 is 0 Å². The van der Waals surface area contributed by atoms with Crippen LogP contribution >= 0.6 is 24.0 Å². The third-order valence-electron chi connectivity index (χ3n) is 4.45. The quantitative estimate of drug-likeness (QED) is 0.253. The van der Waals surface area contributed by atoms with E-state index in [9.17, 15) is 0 Å². The summed E-state index contributed by atoms with van der Waals surface area (Å²) >= 11 is 0. The van der Waals surface area contributed by atoms with Gasteiger partial charge in [0, 0.05) is 38.4 Å². The molecule has 0 aliphatic carbocycles. The van der Waals surface area contributed by atoms with Crippen molar-refractivity contribution < 1.29 is 4.74 Å². The topological polar surface area (TPSA) is 58.5 Å². The molecule has 3 rings (SSSR count). The second kappa shape index (κ2) is 13.7. The SMILES string of the molecule is CN=C(NCCc1ccccn1)NCc1cccc(COCc2ccccc2)c1.I. The van der Waals surface area contributed by atoms with Crippen molar-refractivity contribution in [2.24, 2.45) is 4.99 Å². The summed E-state index contributed by atoms with van der Waals surface area (Å²) in [5.41, 5.74) is 4.61. The van der Waals surface area contributed by atoms with Gasteiger partial charge in [0.05, 0.1) is 13.2 Å². The largest absolute Gasteiger partial charge is 0.372 e. The summed E-state index contributed by atoms with van der Waals surface area (Å²) in [6.45, 7) is 2.70. The number of rotatable bonds is 9. The van der Waals surface area contributed by atoms with Gasteiger partial charge in [0.15, 0.2) is 5.96 Å². The fourth-order valence-corrected chi connectivity index (χ4v) is 2.95. The lowest BCUT2D eigenvalue weighted by molar-refractivity contribution is 0.107. The molecule has 6 heteroatoms. The highest BCUT2D eigenvalue weighted by molar-refractivity contribution is 14.0. The number of hydrogen-bond donors (Lipinski definition) is 2. The first-order chi connectivity index (χ1) is 14.3. The van der Waals surface area contributed by atoms with Crippen molar-refractivity contribution in [1.29, 1.82) is 0 Å². The van der Waals surface area contributed by atoms with Gasteiger partial charge in [-0.15, -0.1) is 24.0 Å². The monoisotopic (exact) mass is 516 g/mol. The number of ether oxygens (including phenoxy) is 1. The Morgan fingerprint density at radius 3 is 2.37 bits per heavy atom. The van der Waals surface area contributed by atoms with Gasteiger partial charge in [0.25, 0.3) is 0 Å². The molecule has 5 nitrogen and oxygen atoms in total. The van der Waals surface area contributed by atoms with Crippen LogP contribution in [-0.4, -0.2) is 24.5 Å². The van der Waals surface area contributed by atoms with E-state index >= 15 is 0 Å². The number of aromatic nitrogens is 1. The van der Waals surface area contributed by atoms with Gasteiger partial charge in [0.2, 0.25) is 0 Å². The predicted octanol–water partition coefficient (Wildman–Crippen LogP) is 4.32. The fourth-order valence-electron chi connectivity index (χ4n) is 2.95. The molecule has 0 saturated carbocycles. The summed E-state index contributed by atoms with van der Waals surface area (Å²) in [5, 5.41) is 6.69. The van der Waals surface area contributed by atoms with Crippen molar-refractivity contribution in [3.8, 4) is 0 Å². The molecular weight excluding hydrogens is 487 g/mol. The highest BCUT2D eigenvalue weighted by atomic mass is 127. The minimum Gasteiger partial charge on any atom is -0.372 e. The minimum atomic E-state index is 0. The lowest BCUT2D eigenvalue weighted by atomic mass is 10.1. The van der Waals surface area contributed by atoms with E-state index in [1.165, 1.54) is 16.7 Å². The Labute approximate surface area is 196 Å². The average molecular weight is 516 g/mol. The molecule has 0 fully saturated rings. The van der Waals surface area contributed by atoms with E-state index in [0.717, 1.165) is 24.6 Å². The van der Waals surface area contributed by atoms with Crippen molar-refractivity contribution >= 4 is 29.9 Å². The Balaban J connectivity index is 0.00000320. The zero-order chi connectivity index (χ0) is 20.2. The number of nitrogens with one attached hydrogen (secondary N) is 2. The first-order valence-electron chi connectivity index (χ1n) is 9.87. The zero-order valence-electron chi connectivity index (χ0n) is 17.3. The number of benzene rings is 2. The number of guanidine groups is 1. The van der Waals surface area contributed by atoms with Crippen LogP contribution in [0.4, 0.5) is 0 Å². The summed E-state index contributed by atoms with van der Waals surface area (Å²) in [4.78, 5) is 8.63. The Kier molecular flexibility index (Phi) is 10.9. The molecular formula is C24H29IN4O. The molecule has 30 heavy (non-hydrogen) atoms. The average Bonchev–Trinajstić information content (AvgIpc) is 2.78. The van der Waals surface area contributed by atoms with Gasteiger partial charge in [-0.05, 0) is 28.8 Å². The second-order valence-electron chi connectivity index (χ2n) is 6.72. The first-order valence-corrected chi connectivity index (χ1v) is 9.87. The highest BCUT2D eigenvalue weighted by Gasteiger charge is 2.01. The molecule has 0 saturated heterocycles. The van der Waals surface area contributed by atoms with E-state index in [4.69, 9.17) is 4.74 Å². The molecule has 0 spiro atoms. The van der Waals surface area contributed by atoms with Crippen LogP contribution in [0.5, 0.6) is 0 Å². The number of nitrogens with zero attached hydrogens (tertiary/aromatic N) is 2. The molecule has 2 N–H and O–H groups in total. The number of aliphatic imine (C=N–C) groups is 1. The molecule has 0 amide bonds. The predicted molar refractivity (Wildman–Crippen MR) is 133 cm³/mol. The lowest BCUT2D eigenvalue weighted by Crippen LogP contribution is -2.37. The molecule has 1 heterocycles. The molecule has 0 radical (unpaired) electrons. The van der Waals surface area contributed by atoms with Crippen LogP contribution in [0.2, 0.25) is 0 Å². The zero-order valence-corrected chi connectivity index (χ0v) is 19.6. The molecule has 158 valence electrons. The van der Waals surface area contributed by atoms with Crippen molar-refractivity contribution in [3.05, 3.63) is 101 Å². The number of pyridine rings is 1. The van der Waals surface area contributed by atoms with Gasteiger partial charge in [-0.1, -0.05) is 60.7 Å². The van der Waals surface area contributed by atoms with Gasteiger partial charge in [-0.3, -0.25) is 9.98 Å². The van der Waals surface area contributed by atoms with Gasteiger partial charge in [-0.2, -0.15) is 0 Å². The molecule has 0 atom stereocenters. The van der Waals surface area contributed by atoms with E-state index in [1.807, 2.05) is 42.6 Å². The molecule has 0 bridgehead atoms. The minimum absolute atomic E-state index is 0. The van der Waals surface area contributed by atoms with Crippen molar-refractivity contribution in [2.75, 3.05) is 13.6 Å². The third-order valence-corrected chi connectivity index (χ3v) is 4.45. The van der Waals surface area contributed by atoms with Crippen molar-refractivity contribution in [3.63, 3.8) is 0 Å². The Bertz CT molecular complexity index is 888. The summed E-state index contributed by atoms with van der Waals surface area (Å²) < 4.78 is 5.84. The Morgan fingerprint density at radius 1 is 0.867 bits per heavy atom. The normalized spacial score (nSPS) is 10.9. The maximum atomic E-state index is 5.84. The van der Waals surface area contributed by atoms with Crippen LogP contribution in [0, 0.1) is 0 Å².